The molecule has 5 rings (SSSR count). The first-order valence-corrected chi connectivity index (χ1v) is 12.2. The molecule has 182 valence electrons. The van der Waals surface area contributed by atoms with Crippen LogP contribution in [-0.4, -0.2) is 66.4 Å². The second-order valence-electron chi connectivity index (χ2n) is 8.56. The summed E-state index contributed by atoms with van der Waals surface area (Å²) in [5.74, 6) is 1.52. The third kappa shape index (κ3) is 5.18. The minimum absolute atomic E-state index is 0.292. The maximum absolute atomic E-state index is 13.1. The predicted octanol–water partition coefficient (Wildman–Crippen LogP) is 4.42. The molecule has 1 amide bonds. The zero-order chi connectivity index (χ0) is 24.2. The summed E-state index contributed by atoms with van der Waals surface area (Å²) in [7, 11) is 0. The Morgan fingerprint density at radius 2 is 1.77 bits per heavy atom. The van der Waals surface area contributed by atoms with E-state index in [-0.39, 0.29) is 18.2 Å². The number of hydrogen-bond acceptors (Lipinski definition) is 7. The quantitative estimate of drug-likeness (QED) is 0.482. The lowest BCUT2D eigenvalue weighted by Crippen LogP contribution is -2.49. The lowest BCUT2D eigenvalue weighted by Gasteiger charge is -2.36. The smallest absolute Gasteiger partial charge is 0.415 e. The molecule has 8 nitrogen and oxygen atoms in total. The average Bonchev–Trinajstić information content (AvgIpc) is 3.21. The van der Waals surface area contributed by atoms with Crippen molar-refractivity contribution in [2.75, 3.05) is 49.1 Å². The summed E-state index contributed by atoms with van der Waals surface area (Å²) < 4.78 is 11.7. The maximum atomic E-state index is 13.1. The van der Waals surface area contributed by atoms with E-state index in [1.807, 2.05) is 49.4 Å². The predicted molar refractivity (Wildman–Crippen MR) is 135 cm³/mol. The van der Waals surface area contributed by atoms with Crippen molar-refractivity contribution in [3.05, 3.63) is 77.6 Å². The van der Waals surface area contributed by atoms with E-state index in [2.05, 4.69) is 19.8 Å². The number of ether oxygens (including phenoxy) is 2. The van der Waals surface area contributed by atoms with Gasteiger partial charge in [0.15, 0.2) is 0 Å². The first kappa shape index (κ1) is 23.4. The summed E-state index contributed by atoms with van der Waals surface area (Å²) in [6.45, 7) is 6.45. The highest BCUT2D eigenvalue weighted by atomic mass is 35.5. The fourth-order valence-electron chi connectivity index (χ4n) is 4.69. The maximum Gasteiger partial charge on any atom is 0.415 e. The van der Waals surface area contributed by atoms with Crippen LogP contribution in [0.2, 0.25) is 5.02 Å². The van der Waals surface area contributed by atoms with Gasteiger partial charge in [-0.05, 0) is 55.0 Å². The molecule has 3 aromatic rings. The number of carbonyl (C=O) groups excluding carboxylic acids is 1. The van der Waals surface area contributed by atoms with Crippen molar-refractivity contribution in [1.29, 1.82) is 0 Å². The zero-order valence-electron chi connectivity index (χ0n) is 19.6. The number of benzene rings is 2. The number of anilines is 2. The van der Waals surface area contributed by atoms with Gasteiger partial charge in [-0.2, -0.15) is 0 Å². The van der Waals surface area contributed by atoms with Gasteiger partial charge < -0.3 is 14.4 Å². The Labute approximate surface area is 210 Å². The van der Waals surface area contributed by atoms with Gasteiger partial charge in [-0.3, -0.25) is 9.80 Å². The van der Waals surface area contributed by atoms with Gasteiger partial charge in [0.1, 0.15) is 17.9 Å². The van der Waals surface area contributed by atoms with Crippen LogP contribution >= 0.6 is 11.6 Å². The van der Waals surface area contributed by atoms with Crippen LogP contribution in [0.4, 0.5) is 16.4 Å². The van der Waals surface area contributed by atoms with Crippen LogP contribution in [0.3, 0.4) is 0 Å². The van der Waals surface area contributed by atoms with Crippen LogP contribution in [0.1, 0.15) is 18.5 Å². The van der Waals surface area contributed by atoms with Gasteiger partial charge in [0, 0.05) is 55.8 Å². The molecule has 0 unspecified atom stereocenters. The number of amides is 1. The van der Waals surface area contributed by atoms with Gasteiger partial charge in [-0.25, -0.2) is 14.8 Å². The van der Waals surface area contributed by atoms with E-state index < -0.39 is 0 Å². The monoisotopic (exact) mass is 493 g/mol. The summed E-state index contributed by atoms with van der Waals surface area (Å²) in [5.41, 5.74) is 1.72. The molecule has 9 heteroatoms. The third-order valence-electron chi connectivity index (χ3n) is 6.34. The molecular formula is C26H28ClN5O3. The van der Waals surface area contributed by atoms with Crippen molar-refractivity contribution in [3.63, 3.8) is 0 Å². The highest BCUT2D eigenvalue weighted by molar-refractivity contribution is 6.30. The third-order valence-corrected chi connectivity index (χ3v) is 6.59. The molecule has 2 aliphatic rings. The van der Waals surface area contributed by atoms with E-state index in [0.717, 1.165) is 49.1 Å². The van der Waals surface area contributed by atoms with Crippen LogP contribution in [0.25, 0.3) is 0 Å². The second-order valence-corrected chi connectivity index (χ2v) is 8.99. The summed E-state index contributed by atoms with van der Waals surface area (Å²) in [6, 6.07) is 16.7. The van der Waals surface area contributed by atoms with Gasteiger partial charge in [0.25, 0.3) is 0 Å². The van der Waals surface area contributed by atoms with Crippen molar-refractivity contribution in [2.45, 2.75) is 19.1 Å². The molecule has 0 saturated carbocycles. The molecule has 0 aliphatic carbocycles. The van der Waals surface area contributed by atoms with Gasteiger partial charge in [-0.15, -0.1) is 0 Å². The lowest BCUT2D eigenvalue weighted by molar-refractivity contribution is 0.0939. The number of carbonyl (C=O) groups is 1. The molecule has 35 heavy (non-hydrogen) atoms. The van der Waals surface area contributed by atoms with E-state index in [9.17, 15) is 4.79 Å². The topological polar surface area (TPSA) is 71.0 Å². The summed E-state index contributed by atoms with van der Waals surface area (Å²) in [5, 5.41) is 0.619. The van der Waals surface area contributed by atoms with Gasteiger partial charge in [-0.1, -0.05) is 23.7 Å². The first-order valence-electron chi connectivity index (χ1n) is 11.8. The highest BCUT2D eigenvalue weighted by Crippen LogP contribution is 2.39. The Bertz CT molecular complexity index is 1140. The molecule has 0 bridgehead atoms. The van der Waals surface area contributed by atoms with E-state index in [0.29, 0.717) is 18.2 Å². The Kier molecular flexibility index (Phi) is 7.01. The molecule has 2 atom stereocenters. The SMILES string of the molecule is CCOc1cccc([C@H]2[C@H](CN3CCN(c4ncccn4)CC3)OC(=O)N2c2ccc(Cl)cc2)c1. The van der Waals surface area contributed by atoms with Crippen LogP contribution < -0.4 is 14.5 Å². The van der Waals surface area contributed by atoms with Crippen molar-refractivity contribution in [3.8, 4) is 5.75 Å². The minimum Gasteiger partial charge on any atom is -0.494 e. The number of halogens is 1. The number of nitrogens with zero attached hydrogens (tertiary/aromatic N) is 5. The van der Waals surface area contributed by atoms with Gasteiger partial charge in [0.2, 0.25) is 5.95 Å². The first-order chi connectivity index (χ1) is 17.1. The fraction of sp³-hybridized carbons (Fsp3) is 0.346. The largest absolute Gasteiger partial charge is 0.494 e. The van der Waals surface area contributed by atoms with E-state index >= 15 is 0 Å². The molecule has 3 heterocycles. The second kappa shape index (κ2) is 10.5. The lowest BCUT2D eigenvalue weighted by atomic mass is 9.99. The molecule has 0 radical (unpaired) electrons. The van der Waals surface area contributed by atoms with Gasteiger partial charge >= 0.3 is 6.09 Å². The number of cyclic esters (lactones) is 1. The summed E-state index contributed by atoms with van der Waals surface area (Å²) in [4.78, 5) is 28.1. The van der Waals surface area contributed by atoms with E-state index in [1.165, 1.54) is 0 Å². The van der Waals surface area contributed by atoms with Crippen LogP contribution in [0, 0.1) is 0 Å². The number of aromatic nitrogens is 2. The molecular weight excluding hydrogens is 466 g/mol. The molecule has 2 aliphatic heterocycles. The fourth-order valence-corrected chi connectivity index (χ4v) is 4.82. The van der Waals surface area contributed by atoms with Crippen molar-refractivity contribution in [2.24, 2.45) is 0 Å². The zero-order valence-corrected chi connectivity index (χ0v) is 20.3. The van der Waals surface area contributed by atoms with Gasteiger partial charge in [0.05, 0.1) is 6.61 Å². The van der Waals surface area contributed by atoms with Crippen molar-refractivity contribution in [1.82, 2.24) is 14.9 Å². The average molecular weight is 494 g/mol. The Balaban J connectivity index is 1.37. The van der Waals surface area contributed by atoms with Crippen LogP contribution in [0.15, 0.2) is 67.0 Å². The number of piperazine rings is 1. The van der Waals surface area contributed by atoms with E-state index in [1.54, 1.807) is 29.4 Å². The minimum atomic E-state index is -0.361. The number of hydrogen-bond donors (Lipinski definition) is 0. The normalized spacial score (nSPS) is 20.7. The number of rotatable bonds is 7. The van der Waals surface area contributed by atoms with E-state index in [4.69, 9.17) is 21.1 Å². The Morgan fingerprint density at radius 1 is 1.03 bits per heavy atom. The molecule has 0 N–H and O–H groups in total. The molecule has 0 spiro atoms. The van der Waals surface area contributed by atoms with Crippen molar-refractivity contribution >= 4 is 29.3 Å². The Hall–Kier alpha value is -3.36. The molecule has 2 aromatic carbocycles. The highest BCUT2D eigenvalue weighted by Gasteiger charge is 2.44. The summed E-state index contributed by atoms with van der Waals surface area (Å²) >= 11 is 6.11. The molecule has 2 saturated heterocycles. The molecule has 2 fully saturated rings. The summed E-state index contributed by atoms with van der Waals surface area (Å²) in [6.07, 6.45) is 2.83. The van der Waals surface area contributed by atoms with Crippen LogP contribution in [0.5, 0.6) is 5.75 Å². The standard InChI is InChI=1S/C26H28ClN5O3/c1-2-34-22-6-3-5-19(17-22)24-23(35-26(33)32(24)21-9-7-20(27)8-10-21)18-30-13-15-31(16-14-30)25-28-11-4-12-29-25/h3-12,17,23-24H,2,13-16,18H2,1H3/t23-,24-/m0/s1. The Morgan fingerprint density at radius 3 is 2.49 bits per heavy atom. The van der Waals surface area contributed by atoms with Crippen LogP contribution in [-0.2, 0) is 4.74 Å². The molecule has 1 aromatic heterocycles. The van der Waals surface area contributed by atoms with Crippen molar-refractivity contribution < 1.29 is 14.3 Å².